The van der Waals surface area contributed by atoms with E-state index in [-0.39, 0.29) is 0 Å². The average molecular weight is 296 g/mol. The number of fused-ring (bicyclic) bond motifs is 1. The van der Waals surface area contributed by atoms with E-state index in [4.69, 9.17) is 10.7 Å². The SMILES string of the molecule is CC(C)c1nc2ccc(Br)cn2c1C(C)CN. The van der Waals surface area contributed by atoms with E-state index in [9.17, 15) is 0 Å². The van der Waals surface area contributed by atoms with Crippen LogP contribution in [0.15, 0.2) is 22.8 Å². The third kappa shape index (κ3) is 2.24. The van der Waals surface area contributed by atoms with Gasteiger partial charge in [-0.1, -0.05) is 20.8 Å². The second kappa shape index (κ2) is 4.78. The molecule has 1 atom stereocenters. The fraction of sp³-hybridized carbons (Fsp3) is 0.462. The lowest BCUT2D eigenvalue weighted by Crippen LogP contribution is -2.13. The largest absolute Gasteiger partial charge is 0.330 e. The van der Waals surface area contributed by atoms with E-state index in [0.29, 0.717) is 18.4 Å². The lowest BCUT2D eigenvalue weighted by Gasteiger charge is -2.13. The molecule has 0 fully saturated rings. The minimum atomic E-state index is 0.316. The Balaban J connectivity index is 2.73. The van der Waals surface area contributed by atoms with Crippen LogP contribution < -0.4 is 5.73 Å². The molecule has 0 aliphatic rings. The van der Waals surface area contributed by atoms with E-state index in [1.54, 1.807) is 0 Å². The summed E-state index contributed by atoms with van der Waals surface area (Å²) in [6, 6.07) is 4.05. The lowest BCUT2D eigenvalue weighted by atomic mass is 10.00. The van der Waals surface area contributed by atoms with E-state index in [0.717, 1.165) is 15.8 Å². The number of pyridine rings is 1. The second-order valence-electron chi connectivity index (χ2n) is 4.75. The van der Waals surface area contributed by atoms with Crippen molar-refractivity contribution in [3.63, 3.8) is 0 Å². The van der Waals surface area contributed by atoms with E-state index in [1.807, 2.05) is 12.1 Å². The summed E-state index contributed by atoms with van der Waals surface area (Å²) in [5.41, 5.74) is 9.19. The van der Waals surface area contributed by atoms with Crippen LogP contribution in [0.5, 0.6) is 0 Å². The smallest absolute Gasteiger partial charge is 0.137 e. The number of hydrogen-bond donors (Lipinski definition) is 1. The maximum atomic E-state index is 5.81. The molecule has 1 unspecified atom stereocenters. The molecule has 0 aliphatic heterocycles. The van der Waals surface area contributed by atoms with Crippen LogP contribution in [-0.2, 0) is 0 Å². The molecular weight excluding hydrogens is 278 g/mol. The highest BCUT2D eigenvalue weighted by Crippen LogP contribution is 2.27. The maximum Gasteiger partial charge on any atom is 0.137 e. The summed E-state index contributed by atoms with van der Waals surface area (Å²) in [4.78, 5) is 4.71. The van der Waals surface area contributed by atoms with Crippen LogP contribution in [0.25, 0.3) is 5.65 Å². The molecule has 2 aromatic heterocycles. The van der Waals surface area contributed by atoms with Gasteiger partial charge >= 0.3 is 0 Å². The Bertz CT molecular complexity index is 531. The van der Waals surface area contributed by atoms with Gasteiger partial charge in [0.2, 0.25) is 0 Å². The van der Waals surface area contributed by atoms with Gasteiger partial charge < -0.3 is 10.1 Å². The first-order valence-corrected chi connectivity index (χ1v) is 6.71. The van der Waals surface area contributed by atoms with Crippen LogP contribution in [0.1, 0.15) is 44.0 Å². The zero-order valence-corrected chi connectivity index (χ0v) is 12.0. The molecule has 0 radical (unpaired) electrons. The Morgan fingerprint density at radius 1 is 1.35 bits per heavy atom. The summed E-state index contributed by atoms with van der Waals surface area (Å²) in [5.74, 6) is 0.731. The van der Waals surface area contributed by atoms with Crippen molar-refractivity contribution >= 4 is 21.6 Å². The van der Waals surface area contributed by atoms with Crippen LogP contribution in [0, 0.1) is 0 Å². The summed E-state index contributed by atoms with van der Waals surface area (Å²) >= 11 is 3.50. The molecule has 0 aliphatic carbocycles. The van der Waals surface area contributed by atoms with Gasteiger partial charge in [0.25, 0.3) is 0 Å². The number of aromatic nitrogens is 2. The van der Waals surface area contributed by atoms with E-state index < -0.39 is 0 Å². The van der Waals surface area contributed by atoms with Crippen LogP contribution >= 0.6 is 15.9 Å². The predicted octanol–water partition coefficient (Wildman–Crippen LogP) is 3.28. The van der Waals surface area contributed by atoms with Gasteiger partial charge in [0, 0.05) is 23.1 Å². The number of hydrogen-bond acceptors (Lipinski definition) is 2. The van der Waals surface area contributed by atoms with Crippen molar-refractivity contribution < 1.29 is 0 Å². The number of imidazole rings is 1. The monoisotopic (exact) mass is 295 g/mol. The van der Waals surface area contributed by atoms with Crippen LogP contribution in [0.4, 0.5) is 0 Å². The summed E-state index contributed by atoms with van der Waals surface area (Å²) in [7, 11) is 0. The molecule has 92 valence electrons. The van der Waals surface area contributed by atoms with E-state index in [1.165, 1.54) is 5.69 Å². The number of nitrogens with two attached hydrogens (primary N) is 1. The Morgan fingerprint density at radius 2 is 2.06 bits per heavy atom. The number of rotatable bonds is 3. The van der Waals surface area contributed by atoms with Gasteiger partial charge in [0.05, 0.1) is 11.4 Å². The van der Waals surface area contributed by atoms with Crippen molar-refractivity contribution in [1.29, 1.82) is 0 Å². The summed E-state index contributed by atoms with van der Waals surface area (Å²) in [5, 5.41) is 0. The average Bonchev–Trinajstić information content (AvgIpc) is 2.66. The van der Waals surface area contributed by atoms with Crippen molar-refractivity contribution in [3.8, 4) is 0 Å². The molecule has 2 aromatic rings. The molecular formula is C13H18BrN3. The van der Waals surface area contributed by atoms with E-state index in [2.05, 4.69) is 47.3 Å². The first-order chi connectivity index (χ1) is 8.04. The van der Waals surface area contributed by atoms with Gasteiger partial charge in [-0.2, -0.15) is 0 Å². The quantitative estimate of drug-likeness (QED) is 0.944. The predicted molar refractivity (Wildman–Crippen MR) is 74.5 cm³/mol. The fourth-order valence-electron chi connectivity index (χ4n) is 2.08. The molecule has 2 heterocycles. The molecule has 3 nitrogen and oxygen atoms in total. The summed E-state index contributed by atoms with van der Waals surface area (Å²) in [6.45, 7) is 7.13. The highest BCUT2D eigenvalue weighted by molar-refractivity contribution is 9.10. The first-order valence-electron chi connectivity index (χ1n) is 5.92. The van der Waals surface area contributed by atoms with Crippen LogP contribution in [0.2, 0.25) is 0 Å². The van der Waals surface area contributed by atoms with Crippen molar-refractivity contribution in [2.75, 3.05) is 6.54 Å². The number of halogens is 1. The Kier molecular flexibility index (Phi) is 3.54. The standard InChI is InChI=1S/C13H18BrN3/c1-8(2)12-13(9(3)6-15)17-7-10(14)4-5-11(17)16-12/h4-5,7-9H,6,15H2,1-3H3. The molecule has 17 heavy (non-hydrogen) atoms. The first kappa shape index (κ1) is 12.6. The molecule has 0 saturated heterocycles. The topological polar surface area (TPSA) is 43.3 Å². The van der Waals surface area contributed by atoms with Gasteiger partial charge in [-0.15, -0.1) is 0 Å². The minimum absolute atomic E-state index is 0.316. The van der Waals surface area contributed by atoms with Gasteiger partial charge in [0.1, 0.15) is 5.65 Å². The van der Waals surface area contributed by atoms with Gasteiger partial charge in [-0.3, -0.25) is 0 Å². The highest BCUT2D eigenvalue weighted by Gasteiger charge is 2.19. The third-order valence-corrected chi connectivity index (χ3v) is 3.48. The van der Waals surface area contributed by atoms with E-state index >= 15 is 0 Å². The van der Waals surface area contributed by atoms with Crippen LogP contribution in [-0.4, -0.2) is 15.9 Å². The van der Waals surface area contributed by atoms with Crippen molar-refractivity contribution in [2.45, 2.75) is 32.6 Å². The maximum absolute atomic E-state index is 5.81. The molecule has 0 aromatic carbocycles. The Morgan fingerprint density at radius 3 is 2.65 bits per heavy atom. The Hall–Kier alpha value is -0.870. The fourth-order valence-corrected chi connectivity index (χ4v) is 2.42. The van der Waals surface area contributed by atoms with Gasteiger partial charge in [-0.05, 0) is 34.0 Å². The van der Waals surface area contributed by atoms with Crippen molar-refractivity contribution in [1.82, 2.24) is 9.38 Å². The van der Waals surface area contributed by atoms with Crippen molar-refractivity contribution in [3.05, 3.63) is 34.2 Å². The van der Waals surface area contributed by atoms with Gasteiger partial charge in [-0.25, -0.2) is 4.98 Å². The molecule has 2 N–H and O–H groups in total. The summed E-state index contributed by atoms with van der Waals surface area (Å²) in [6.07, 6.45) is 2.07. The lowest BCUT2D eigenvalue weighted by molar-refractivity contribution is 0.701. The van der Waals surface area contributed by atoms with Crippen molar-refractivity contribution in [2.24, 2.45) is 5.73 Å². The second-order valence-corrected chi connectivity index (χ2v) is 5.66. The molecule has 2 rings (SSSR count). The third-order valence-electron chi connectivity index (χ3n) is 3.02. The molecule has 0 saturated carbocycles. The Labute approximate surface area is 110 Å². The normalized spacial score (nSPS) is 13.5. The molecule has 0 bridgehead atoms. The summed E-state index contributed by atoms with van der Waals surface area (Å²) < 4.78 is 3.21. The minimum Gasteiger partial charge on any atom is -0.330 e. The van der Waals surface area contributed by atoms with Gasteiger partial charge in [0.15, 0.2) is 0 Å². The molecule has 0 amide bonds. The molecule has 4 heteroatoms. The zero-order chi connectivity index (χ0) is 12.6. The number of nitrogens with zero attached hydrogens (tertiary/aromatic N) is 2. The van der Waals surface area contributed by atoms with Crippen LogP contribution in [0.3, 0.4) is 0 Å². The zero-order valence-electron chi connectivity index (χ0n) is 10.4. The highest BCUT2D eigenvalue weighted by atomic mass is 79.9. The molecule has 0 spiro atoms.